The number of hydrogen-bond acceptors (Lipinski definition) is 6. The lowest BCUT2D eigenvalue weighted by atomic mass is 9.93. The molecule has 1 aromatic carbocycles. The van der Waals surface area contributed by atoms with Crippen LogP contribution in [0.15, 0.2) is 40.9 Å². The van der Waals surface area contributed by atoms with Gasteiger partial charge in [0.15, 0.2) is 0 Å². The fourth-order valence-corrected chi connectivity index (χ4v) is 4.52. The maximum atomic E-state index is 13.4. The van der Waals surface area contributed by atoms with Crippen LogP contribution in [0.4, 0.5) is 0 Å². The first-order chi connectivity index (χ1) is 14.3. The van der Waals surface area contributed by atoms with Crippen LogP contribution in [0.1, 0.15) is 48.5 Å². The Morgan fingerprint density at radius 2 is 1.83 bits per heavy atom. The number of rotatable bonds is 5. The second-order valence-electron chi connectivity index (χ2n) is 8.77. The second-order valence-corrected chi connectivity index (χ2v) is 8.77. The maximum Gasteiger partial charge on any atom is 0.257 e. The van der Waals surface area contributed by atoms with Gasteiger partial charge >= 0.3 is 0 Å². The van der Waals surface area contributed by atoms with Crippen LogP contribution in [-0.2, 0) is 6.54 Å². The molecule has 5 rings (SSSR count). The van der Waals surface area contributed by atoms with Crippen LogP contribution in [-0.4, -0.2) is 42.7 Å². The summed E-state index contributed by atoms with van der Waals surface area (Å²) in [7, 11) is 0. The van der Waals surface area contributed by atoms with E-state index in [0.717, 1.165) is 29.5 Å². The fraction of sp³-hybridized carbons (Fsp3) is 0.391. The molecule has 154 valence electrons. The molecule has 2 aromatic heterocycles. The molecule has 1 aliphatic carbocycles. The minimum atomic E-state index is -0.948. The predicted molar refractivity (Wildman–Crippen MR) is 110 cm³/mol. The number of amides is 1. The van der Waals surface area contributed by atoms with E-state index in [9.17, 15) is 9.90 Å². The van der Waals surface area contributed by atoms with Gasteiger partial charge in [-0.05, 0) is 56.4 Å². The van der Waals surface area contributed by atoms with E-state index in [1.54, 1.807) is 27.0 Å². The molecule has 3 aromatic rings. The van der Waals surface area contributed by atoms with Crippen LogP contribution in [0.3, 0.4) is 0 Å². The molecule has 0 bridgehead atoms. The Hall–Kier alpha value is -3.06. The van der Waals surface area contributed by atoms with Gasteiger partial charge in [0, 0.05) is 30.8 Å². The van der Waals surface area contributed by atoms with Crippen LogP contribution in [0.2, 0.25) is 0 Å². The summed E-state index contributed by atoms with van der Waals surface area (Å²) in [6.45, 7) is 5.85. The monoisotopic (exact) mass is 404 g/mol. The number of aryl methyl sites for hydroxylation is 1. The molecule has 30 heavy (non-hydrogen) atoms. The third-order valence-corrected chi connectivity index (χ3v) is 5.91. The lowest BCUT2D eigenvalue weighted by molar-refractivity contribution is -0.0224. The summed E-state index contributed by atoms with van der Waals surface area (Å²) in [6, 6.07) is 9.34. The molecule has 1 fully saturated rings. The van der Waals surface area contributed by atoms with Gasteiger partial charge in [-0.3, -0.25) is 9.78 Å². The Morgan fingerprint density at radius 1 is 1.13 bits per heavy atom. The van der Waals surface area contributed by atoms with E-state index < -0.39 is 5.60 Å². The van der Waals surface area contributed by atoms with Crippen LogP contribution >= 0.6 is 0 Å². The summed E-state index contributed by atoms with van der Waals surface area (Å²) in [4.78, 5) is 19.8. The first kappa shape index (κ1) is 18.9. The molecule has 7 nitrogen and oxygen atoms in total. The SMILES string of the molecule is Cc1nnc(-c2ccc(-c3nccc4c3C(=O)N([C@H](C3CC3)C(C)(C)O)C4)cc2)o1. The van der Waals surface area contributed by atoms with E-state index in [-0.39, 0.29) is 11.9 Å². The molecule has 1 atom stereocenters. The quantitative estimate of drug-likeness (QED) is 0.698. The second kappa shape index (κ2) is 6.74. The van der Waals surface area contributed by atoms with Crippen molar-refractivity contribution >= 4 is 5.91 Å². The Bertz CT molecular complexity index is 1110. The first-order valence-electron chi connectivity index (χ1n) is 10.2. The highest BCUT2D eigenvalue weighted by molar-refractivity contribution is 6.04. The molecule has 1 aliphatic heterocycles. The average molecular weight is 404 g/mol. The van der Waals surface area contributed by atoms with Crippen molar-refractivity contribution in [3.63, 3.8) is 0 Å². The standard InChI is InChI=1S/C23H24N4O3/c1-13-25-26-21(30-13)16-8-4-14(5-9-16)19-18-17(10-11-24-19)12-27(22(18)28)20(15-6-7-15)23(2,3)29/h4-5,8-11,15,20,29H,6-7,12H2,1-3H3/t20-/m1/s1. The van der Waals surface area contributed by atoms with Gasteiger partial charge in [-0.25, -0.2) is 0 Å². The topological polar surface area (TPSA) is 92.4 Å². The molecule has 1 N–H and O–H groups in total. The van der Waals surface area contributed by atoms with Gasteiger partial charge < -0.3 is 14.4 Å². The molecule has 0 radical (unpaired) electrons. The highest BCUT2D eigenvalue weighted by atomic mass is 16.4. The Labute approximate surface area is 174 Å². The van der Waals surface area contributed by atoms with Crippen molar-refractivity contribution in [2.45, 2.75) is 51.8 Å². The third-order valence-electron chi connectivity index (χ3n) is 5.91. The highest BCUT2D eigenvalue weighted by Gasteiger charge is 2.48. The van der Waals surface area contributed by atoms with E-state index in [0.29, 0.717) is 35.5 Å². The van der Waals surface area contributed by atoms with Gasteiger partial charge in [0.25, 0.3) is 5.91 Å². The zero-order valence-corrected chi connectivity index (χ0v) is 17.3. The largest absolute Gasteiger partial charge is 0.421 e. The Balaban J connectivity index is 1.49. The Kier molecular flexibility index (Phi) is 4.25. The summed E-state index contributed by atoms with van der Waals surface area (Å²) in [5, 5.41) is 18.7. The minimum Gasteiger partial charge on any atom is -0.421 e. The van der Waals surface area contributed by atoms with E-state index in [2.05, 4.69) is 15.2 Å². The predicted octanol–water partition coefficient (Wildman–Crippen LogP) is 3.61. The molecule has 0 unspecified atom stereocenters. The van der Waals surface area contributed by atoms with E-state index in [4.69, 9.17) is 4.42 Å². The van der Waals surface area contributed by atoms with Gasteiger partial charge in [0.1, 0.15) is 0 Å². The minimum absolute atomic E-state index is 0.0521. The van der Waals surface area contributed by atoms with Crippen LogP contribution < -0.4 is 0 Å². The van der Waals surface area contributed by atoms with E-state index >= 15 is 0 Å². The summed E-state index contributed by atoms with van der Waals surface area (Å²) in [5.41, 5.74) is 2.98. The van der Waals surface area contributed by atoms with Crippen LogP contribution in [0.25, 0.3) is 22.7 Å². The van der Waals surface area contributed by atoms with Crippen molar-refractivity contribution < 1.29 is 14.3 Å². The molecule has 1 saturated carbocycles. The van der Waals surface area contributed by atoms with Gasteiger partial charge in [-0.2, -0.15) is 0 Å². The third kappa shape index (κ3) is 3.19. The lowest BCUT2D eigenvalue weighted by Crippen LogP contribution is -2.51. The summed E-state index contributed by atoms with van der Waals surface area (Å²) < 4.78 is 5.48. The zero-order valence-electron chi connectivity index (χ0n) is 17.3. The Morgan fingerprint density at radius 3 is 2.43 bits per heavy atom. The van der Waals surface area contributed by atoms with Gasteiger partial charge in [0.2, 0.25) is 11.8 Å². The van der Waals surface area contributed by atoms with Crippen LogP contribution in [0.5, 0.6) is 0 Å². The average Bonchev–Trinajstić information content (AvgIpc) is 3.35. The van der Waals surface area contributed by atoms with E-state index in [1.165, 1.54) is 0 Å². The highest BCUT2D eigenvalue weighted by Crippen LogP contribution is 2.43. The van der Waals surface area contributed by atoms with E-state index in [1.807, 2.05) is 35.2 Å². The van der Waals surface area contributed by atoms with Crippen molar-refractivity contribution in [2.75, 3.05) is 0 Å². The van der Waals surface area contributed by atoms with Crippen molar-refractivity contribution in [1.29, 1.82) is 0 Å². The molecule has 7 heteroatoms. The lowest BCUT2D eigenvalue weighted by Gasteiger charge is -2.37. The van der Waals surface area contributed by atoms with Crippen molar-refractivity contribution in [3.8, 4) is 22.7 Å². The van der Waals surface area contributed by atoms with Gasteiger partial charge in [-0.15, -0.1) is 10.2 Å². The van der Waals surface area contributed by atoms with Crippen molar-refractivity contribution in [3.05, 3.63) is 53.5 Å². The number of aromatic nitrogens is 3. The number of benzene rings is 1. The summed E-state index contributed by atoms with van der Waals surface area (Å²) in [5.74, 6) is 1.28. The molecule has 0 spiro atoms. The molecule has 1 amide bonds. The maximum absolute atomic E-state index is 13.4. The van der Waals surface area contributed by atoms with Gasteiger partial charge in [-0.1, -0.05) is 12.1 Å². The number of carbonyl (C=O) groups is 1. The normalized spacial score (nSPS) is 17.3. The number of fused-ring (bicyclic) bond motifs is 1. The number of aliphatic hydroxyl groups is 1. The molecule has 2 aliphatic rings. The van der Waals surface area contributed by atoms with Crippen LogP contribution in [0, 0.1) is 12.8 Å². The molecule has 0 saturated heterocycles. The number of hydrogen-bond donors (Lipinski definition) is 1. The molecular formula is C23H24N4O3. The zero-order chi connectivity index (χ0) is 21.0. The fourth-order valence-electron chi connectivity index (χ4n) is 4.52. The number of nitrogens with zero attached hydrogens (tertiary/aromatic N) is 4. The summed E-state index contributed by atoms with van der Waals surface area (Å²) in [6.07, 6.45) is 3.85. The smallest absolute Gasteiger partial charge is 0.257 e. The van der Waals surface area contributed by atoms with Crippen molar-refractivity contribution in [1.82, 2.24) is 20.1 Å². The summed E-state index contributed by atoms with van der Waals surface area (Å²) >= 11 is 0. The van der Waals surface area contributed by atoms with Crippen molar-refractivity contribution in [2.24, 2.45) is 5.92 Å². The molecular weight excluding hydrogens is 380 g/mol. The number of carbonyl (C=O) groups excluding carboxylic acids is 1. The molecule has 3 heterocycles. The van der Waals surface area contributed by atoms with Gasteiger partial charge in [0.05, 0.1) is 22.9 Å². The first-order valence-corrected chi connectivity index (χ1v) is 10.2. The number of pyridine rings is 1.